The predicted molar refractivity (Wildman–Crippen MR) is 81.2 cm³/mol. The number of nitrogen functional groups attached to an aromatic ring is 2. The first-order valence-corrected chi connectivity index (χ1v) is 6.42. The van der Waals surface area contributed by atoms with Gasteiger partial charge in [0.1, 0.15) is 0 Å². The largest absolute Gasteiger partial charge is 0.399 e. The molecule has 0 aliphatic carbocycles. The molecular weight excluding hydrogens is 248 g/mol. The van der Waals surface area contributed by atoms with Crippen LogP contribution in [0.2, 0.25) is 0 Å². The summed E-state index contributed by atoms with van der Waals surface area (Å²) in [6.07, 6.45) is 5.55. The van der Waals surface area contributed by atoms with E-state index in [-0.39, 0.29) is 6.04 Å². The molecule has 1 aromatic heterocycles. The average molecular weight is 264 g/mol. The lowest BCUT2D eigenvalue weighted by Gasteiger charge is -2.20. The Balaban J connectivity index is 2.09. The molecule has 2 aromatic carbocycles. The molecule has 0 bridgehead atoms. The number of benzene rings is 2. The first-order valence-electron chi connectivity index (χ1n) is 6.42. The van der Waals surface area contributed by atoms with Crippen LogP contribution in [0.4, 0.5) is 11.4 Å². The highest BCUT2D eigenvalue weighted by Gasteiger charge is 2.15. The molecule has 0 saturated heterocycles. The van der Waals surface area contributed by atoms with Gasteiger partial charge in [0.15, 0.2) is 0 Å². The highest BCUT2D eigenvalue weighted by molar-refractivity contribution is 5.45. The third-order valence-corrected chi connectivity index (χ3v) is 3.33. The van der Waals surface area contributed by atoms with Crippen molar-refractivity contribution in [2.24, 2.45) is 0 Å². The second-order valence-electron chi connectivity index (χ2n) is 4.75. The van der Waals surface area contributed by atoms with E-state index in [9.17, 15) is 0 Å². The van der Waals surface area contributed by atoms with Gasteiger partial charge in [-0.05, 0) is 35.4 Å². The summed E-state index contributed by atoms with van der Waals surface area (Å²) in [4.78, 5) is 4.14. The van der Waals surface area contributed by atoms with E-state index in [4.69, 9.17) is 11.5 Å². The van der Waals surface area contributed by atoms with Crippen molar-refractivity contribution in [1.29, 1.82) is 0 Å². The van der Waals surface area contributed by atoms with Gasteiger partial charge in [0.05, 0.1) is 12.4 Å². The number of aromatic nitrogens is 2. The Kier molecular flexibility index (Phi) is 3.13. The van der Waals surface area contributed by atoms with Crippen LogP contribution in [-0.2, 0) is 0 Å². The van der Waals surface area contributed by atoms with Crippen molar-refractivity contribution in [2.45, 2.75) is 6.04 Å². The zero-order valence-corrected chi connectivity index (χ0v) is 11.0. The number of hydrogen-bond donors (Lipinski definition) is 2. The smallest absolute Gasteiger partial charge is 0.0954 e. The van der Waals surface area contributed by atoms with Gasteiger partial charge in [-0.25, -0.2) is 4.98 Å². The van der Waals surface area contributed by atoms with Crippen molar-refractivity contribution in [3.8, 4) is 0 Å². The average Bonchev–Trinajstić information content (AvgIpc) is 2.97. The minimum Gasteiger partial charge on any atom is -0.399 e. The van der Waals surface area contributed by atoms with Gasteiger partial charge in [-0.2, -0.15) is 0 Å². The van der Waals surface area contributed by atoms with E-state index in [0.29, 0.717) is 0 Å². The van der Waals surface area contributed by atoms with E-state index in [2.05, 4.69) is 9.55 Å². The SMILES string of the molecule is Nc1ccc(C(c2ccc(N)cc2)n2ccnc2)cc1. The standard InChI is InChI=1S/C16H16N4/c17-14-5-1-12(2-6-14)16(20-10-9-19-11-20)13-3-7-15(18)8-4-13/h1-11,16H,17-18H2. The van der Waals surface area contributed by atoms with Crippen LogP contribution >= 0.6 is 0 Å². The molecule has 0 aliphatic heterocycles. The molecule has 4 nitrogen and oxygen atoms in total. The van der Waals surface area contributed by atoms with Crippen LogP contribution in [0.3, 0.4) is 0 Å². The Hall–Kier alpha value is -2.75. The van der Waals surface area contributed by atoms with E-state index in [1.807, 2.05) is 61.1 Å². The van der Waals surface area contributed by atoms with Crippen LogP contribution in [-0.4, -0.2) is 9.55 Å². The summed E-state index contributed by atoms with van der Waals surface area (Å²) in [7, 11) is 0. The second-order valence-corrected chi connectivity index (χ2v) is 4.75. The highest BCUT2D eigenvalue weighted by Crippen LogP contribution is 2.27. The lowest BCUT2D eigenvalue weighted by atomic mass is 9.98. The van der Waals surface area contributed by atoms with Gasteiger partial charge in [-0.15, -0.1) is 0 Å². The Bertz CT molecular complexity index is 624. The summed E-state index contributed by atoms with van der Waals surface area (Å²) in [6, 6.07) is 15.9. The Morgan fingerprint density at radius 1 is 0.800 bits per heavy atom. The normalized spacial score (nSPS) is 10.8. The number of rotatable bonds is 3. The van der Waals surface area contributed by atoms with Crippen LogP contribution in [0.1, 0.15) is 17.2 Å². The molecule has 4 N–H and O–H groups in total. The van der Waals surface area contributed by atoms with Gasteiger partial charge in [0.2, 0.25) is 0 Å². The highest BCUT2D eigenvalue weighted by atomic mass is 15.0. The van der Waals surface area contributed by atoms with Gasteiger partial charge >= 0.3 is 0 Å². The summed E-state index contributed by atoms with van der Waals surface area (Å²) >= 11 is 0. The molecule has 0 spiro atoms. The molecule has 3 aromatic rings. The third kappa shape index (κ3) is 2.36. The number of nitrogens with two attached hydrogens (primary N) is 2. The van der Waals surface area contributed by atoms with Crippen LogP contribution < -0.4 is 11.5 Å². The maximum atomic E-state index is 5.77. The second kappa shape index (κ2) is 5.09. The van der Waals surface area contributed by atoms with Crippen molar-refractivity contribution in [3.63, 3.8) is 0 Å². The lowest BCUT2D eigenvalue weighted by molar-refractivity contribution is 0.677. The molecule has 0 amide bonds. The number of imidazole rings is 1. The molecule has 3 rings (SSSR count). The summed E-state index contributed by atoms with van der Waals surface area (Å²) in [5, 5.41) is 0. The molecule has 0 radical (unpaired) electrons. The van der Waals surface area contributed by atoms with Gasteiger partial charge in [-0.1, -0.05) is 24.3 Å². The number of hydrogen-bond acceptors (Lipinski definition) is 3. The minimum absolute atomic E-state index is 0.0682. The van der Waals surface area contributed by atoms with Crippen LogP contribution in [0, 0.1) is 0 Å². The van der Waals surface area contributed by atoms with Crippen LogP contribution in [0.5, 0.6) is 0 Å². The molecule has 0 atom stereocenters. The fourth-order valence-electron chi connectivity index (χ4n) is 2.32. The monoisotopic (exact) mass is 264 g/mol. The maximum absolute atomic E-state index is 5.77. The van der Waals surface area contributed by atoms with Gasteiger partial charge < -0.3 is 16.0 Å². The fraction of sp³-hybridized carbons (Fsp3) is 0.0625. The van der Waals surface area contributed by atoms with E-state index >= 15 is 0 Å². The van der Waals surface area contributed by atoms with E-state index < -0.39 is 0 Å². The van der Waals surface area contributed by atoms with Crippen molar-refractivity contribution in [2.75, 3.05) is 11.5 Å². The summed E-state index contributed by atoms with van der Waals surface area (Å²) in [5.74, 6) is 0. The molecule has 20 heavy (non-hydrogen) atoms. The molecular formula is C16H16N4. The summed E-state index contributed by atoms with van der Waals surface area (Å²) in [6.45, 7) is 0. The van der Waals surface area contributed by atoms with Crippen molar-refractivity contribution in [3.05, 3.63) is 78.4 Å². The third-order valence-electron chi connectivity index (χ3n) is 3.33. The molecule has 4 heteroatoms. The molecule has 0 fully saturated rings. The Morgan fingerprint density at radius 3 is 1.70 bits per heavy atom. The predicted octanol–water partition coefficient (Wildman–Crippen LogP) is 2.69. The minimum atomic E-state index is 0.0682. The van der Waals surface area contributed by atoms with E-state index in [1.54, 1.807) is 6.20 Å². The molecule has 0 unspecified atom stereocenters. The van der Waals surface area contributed by atoms with E-state index in [0.717, 1.165) is 22.5 Å². The summed E-state index contributed by atoms with van der Waals surface area (Å²) < 4.78 is 2.07. The summed E-state index contributed by atoms with van der Waals surface area (Å²) in [5.41, 5.74) is 15.4. The fourth-order valence-corrected chi connectivity index (χ4v) is 2.32. The van der Waals surface area contributed by atoms with E-state index in [1.165, 1.54) is 0 Å². The first-order chi connectivity index (χ1) is 9.74. The zero-order chi connectivity index (χ0) is 13.9. The number of nitrogens with zero attached hydrogens (tertiary/aromatic N) is 2. The quantitative estimate of drug-likeness (QED) is 0.714. The van der Waals surface area contributed by atoms with Gasteiger partial charge in [0, 0.05) is 23.8 Å². The topological polar surface area (TPSA) is 69.9 Å². The van der Waals surface area contributed by atoms with Gasteiger partial charge in [-0.3, -0.25) is 0 Å². The first kappa shape index (κ1) is 12.3. The lowest BCUT2D eigenvalue weighted by Crippen LogP contribution is -2.10. The number of anilines is 2. The van der Waals surface area contributed by atoms with Crippen molar-refractivity contribution >= 4 is 11.4 Å². The van der Waals surface area contributed by atoms with Crippen molar-refractivity contribution < 1.29 is 0 Å². The molecule has 100 valence electrons. The van der Waals surface area contributed by atoms with Crippen LogP contribution in [0.25, 0.3) is 0 Å². The Morgan fingerprint density at radius 2 is 1.30 bits per heavy atom. The Labute approximate surface area is 117 Å². The maximum Gasteiger partial charge on any atom is 0.0954 e. The molecule has 0 saturated carbocycles. The van der Waals surface area contributed by atoms with Gasteiger partial charge in [0.25, 0.3) is 0 Å². The van der Waals surface area contributed by atoms with Crippen LogP contribution in [0.15, 0.2) is 67.3 Å². The zero-order valence-electron chi connectivity index (χ0n) is 11.0. The van der Waals surface area contributed by atoms with Crippen molar-refractivity contribution in [1.82, 2.24) is 9.55 Å². The molecule has 0 aliphatic rings. The molecule has 1 heterocycles.